The van der Waals surface area contributed by atoms with Gasteiger partial charge in [0.2, 0.25) is 0 Å². The molecule has 0 aliphatic carbocycles. The van der Waals surface area contributed by atoms with Crippen LogP contribution in [-0.4, -0.2) is 68.9 Å². The molecule has 0 radical (unpaired) electrons. The Kier molecular flexibility index (Phi) is 16.6. The minimum absolute atomic E-state index is 0.160. The molecule has 2 atom stereocenters. The van der Waals surface area contributed by atoms with E-state index in [0.29, 0.717) is 13.2 Å². The second-order valence-corrected chi connectivity index (χ2v) is 8.22. The molecule has 11 heteroatoms. The molecular weight excluding hydrogens is 506 g/mol. The molecule has 0 heterocycles. The van der Waals surface area contributed by atoms with Crippen LogP contribution >= 0.6 is 0 Å². The number of ether oxygens (including phenoxy) is 4. The summed E-state index contributed by atoms with van der Waals surface area (Å²) in [6.45, 7) is 8.59. The van der Waals surface area contributed by atoms with E-state index in [1.807, 2.05) is 81.4 Å². The number of carbonyl (C=O) groups excluding carboxylic acids is 3. The predicted molar refractivity (Wildman–Crippen MR) is 145 cm³/mol. The third kappa shape index (κ3) is 14.2. The SMILES string of the molecule is CCOC(OCC)[C@H](C)NC(=O)OCc1ccccc1.CON(C)C(=O)[C@H](C)NC(=O)OCc1ccccc1. The third-order valence-electron chi connectivity index (χ3n) is 5.13. The third-order valence-corrected chi connectivity index (χ3v) is 5.13. The first-order valence-corrected chi connectivity index (χ1v) is 12.7. The van der Waals surface area contributed by atoms with Crippen LogP contribution in [0.2, 0.25) is 0 Å². The lowest BCUT2D eigenvalue weighted by Crippen LogP contribution is -2.45. The van der Waals surface area contributed by atoms with Crippen molar-refractivity contribution in [2.75, 3.05) is 27.4 Å². The molecule has 0 bridgehead atoms. The normalized spacial score (nSPS) is 11.9. The smallest absolute Gasteiger partial charge is 0.408 e. The van der Waals surface area contributed by atoms with Gasteiger partial charge in [0.25, 0.3) is 5.91 Å². The van der Waals surface area contributed by atoms with E-state index in [9.17, 15) is 14.4 Å². The molecule has 3 amide bonds. The number of likely N-dealkylation sites (N-methyl/N-ethyl adjacent to an activating group) is 1. The van der Waals surface area contributed by atoms with Crippen molar-refractivity contribution in [3.8, 4) is 0 Å². The van der Waals surface area contributed by atoms with Crippen molar-refractivity contribution in [3.05, 3.63) is 71.8 Å². The average molecular weight is 548 g/mol. The summed E-state index contributed by atoms with van der Waals surface area (Å²) in [5, 5.41) is 6.19. The second-order valence-electron chi connectivity index (χ2n) is 8.22. The number of hydrogen-bond donors (Lipinski definition) is 2. The Balaban J connectivity index is 0.000000391. The lowest BCUT2D eigenvalue weighted by atomic mass is 10.2. The van der Waals surface area contributed by atoms with E-state index in [1.54, 1.807) is 6.92 Å². The fourth-order valence-corrected chi connectivity index (χ4v) is 3.05. The van der Waals surface area contributed by atoms with Gasteiger partial charge in [0.15, 0.2) is 6.29 Å². The summed E-state index contributed by atoms with van der Waals surface area (Å²) in [5.41, 5.74) is 1.83. The van der Waals surface area contributed by atoms with Crippen LogP contribution in [0.4, 0.5) is 9.59 Å². The standard InChI is InChI=1S/C15H23NO4.C13H18N2O4/c1-4-18-14(19-5-2)12(3)16-15(17)20-11-13-9-7-6-8-10-13;1-10(12(16)15(2)18-3)14-13(17)19-9-11-7-5-4-6-8-11/h6-10,12,14H,4-5,11H2,1-3H3,(H,16,17);4-8,10H,9H2,1-3H3,(H,14,17)/t12-;10-/m00/s1. The van der Waals surface area contributed by atoms with Crippen molar-refractivity contribution < 1.29 is 38.2 Å². The van der Waals surface area contributed by atoms with Crippen molar-refractivity contribution in [1.82, 2.24) is 15.7 Å². The number of hydroxylamine groups is 2. The maximum absolute atomic E-state index is 11.7. The molecule has 11 nitrogen and oxygen atoms in total. The topological polar surface area (TPSA) is 125 Å². The zero-order chi connectivity index (χ0) is 29.0. The van der Waals surface area contributed by atoms with Crippen LogP contribution in [0.15, 0.2) is 60.7 Å². The summed E-state index contributed by atoms with van der Waals surface area (Å²) in [4.78, 5) is 39.5. The van der Waals surface area contributed by atoms with E-state index in [-0.39, 0.29) is 25.2 Å². The molecule has 2 rings (SSSR count). The molecule has 0 saturated carbocycles. The highest BCUT2D eigenvalue weighted by atomic mass is 16.7. The molecule has 2 aromatic rings. The molecule has 39 heavy (non-hydrogen) atoms. The molecule has 0 aromatic heterocycles. The van der Waals surface area contributed by atoms with Gasteiger partial charge < -0.3 is 29.6 Å². The Bertz CT molecular complexity index is 956. The van der Waals surface area contributed by atoms with E-state index in [0.717, 1.165) is 16.2 Å². The largest absolute Gasteiger partial charge is 0.445 e. The first kappa shape index (κ1) is 33.4. The minimum atomic E-state index is -0.715. The van der Waals surface area contributed by atoms with Crippen LogP contribution in [0, 0.1) is 0 Å². The molecule has 2 aromatic carbocycles. The minimum Gasteiger partial charge on any atom is -0.445 e. The van der Waals surface area contributed by atoms with Crippen molar-refractivity contribution in [2.45, 2.75) is 59.3 Å². The van der Waals surface area contributed by atoms with Gasteiger partial charge in [-0.3, -0.25) is 9.63 Å². The first-order chi connectivity index (χ1) is 18.7. The van der Waals surface area contributed by atoms with E-state index < -0.39 is 24.5 Å². The first-order valence-electron chi connectivity index (χ1n) is 12.7. The zero-order valence-electron chi connectivity index (χ0n) is 23.5. The number of rotatable bonds is 13. The molecule has 216 valence electrons. The van der Waals surface area contributed by atoms with Gasteiger partial charge in [0, 0.05) is 20.3 Å². The molecule has 0 spiro atoms. The Hall–Kier alpha value is -3.67. The van der Waals surface area contributed by atoms with Gasteiger partial charge in [-0.05, 0) is 38.8 Å². The van der Waals surface area contributed by atoms with Gasteiger partial charge in [-0.1, -0.05) is 60.7 Å². The van der Waals surface area contributed by atoms with Crippen LogP contribution in [0.1, 0.15) is 38.8 Å². The average Bonchev–Trinajstić information content (AvgIpc) is 2.95. The van der Waals surface area contributed by atoms with Gasteiger partial charge in [-0.15, -0.1) is 0 Å². The predicted octanol–water partition coefficient (Wildman–Crippen LogP) is 4.02. The maximum Gasteiger partial charge on any atom is 0.408 e. The Morgan fingerprint density at radius 3 is 1.62 bits per heavy atom. The number of benzene rings is 2. The molecular formula is C28H41N3O8. The summed E-state index contributed by atoms with van der Waals surface area (Å²) in [5.74, 6) is -0.362. The second kappa shape index (κ2) is 19.4. The van der Waals surface area contributed by atoms with E-state index in [1.165, 1.54) is 14.2 Å². The quantitative estimate of drug-likeness (QED) is 0.285. The van der Waals surface area contributed by atoms with Gasteiger partial charge >= 0.3 is 12.2 Å². The summed E-state index contributed by atoms with van der Waals surface area (Å²) < 4.78 is 21.0. The zero-order valence-corrected chi connectivity index (χ0v) is 23.5. The number of carbonyl (C=O) groups is 3. The van der Waals surface area contributed by atoms with Crippen LogP contribution in [0.3, 0.4) is 0 Å². The Morgan fingerprint density at radius 1 is 0.769 bits per heavy atom. The van der Waals surface area contributed by atoms with Crippen LogP contribution < -0.4 is 10.6 Å². The number of hydrogen-bond acceptors (Lipinski definition) is 8. The monoisotopic (exact) mass is 547 g/mol. The molecule has 0 unspecified atom stereocenters. The van der Waals surface area contributed by atoms with Gasteiger partial charge in [-0.2, -0.15) is 0 Å². The van der Waals surface area contributed by atoms with Gasteiger partial charge in [0.1, 0.15) is 19.3 Å². The van der Waals surface area contributed by atoms with Crippen LogP contribution in [0.25, 0.3) is 0 Å². The number of nitrogens with zero attached hydrogens (tertiary/aromatic N) is 1. The number of alkyl carbamates (subject to hydrolysis) is 2. The summed E-state index contributed by atoms with van der Waals surface area (Å²) in [7, 11) is 2.84. The van der Waals surface area contributed by atoms with Crippen molar-refractivity contribution in [3.63, 3.8) is 0 Å². The van der Waals surface area contributed by atoms with Crippen molar-refractivity contribution in [1.29, 1.82) is 0 Å². The van der Waals surface area contributed by atoms with Gasteiger partial charge in [-0.25, -0.2) is 14.7 Å². The van der Waals surface area contributed by atoms with Crippen molar-refractivity contribution >= 4 is 18.1 Å². The highest BCUT2D eigenvalue weighted by Gasteiger charge is 2.21. The van der Waals surface area contributed by atoms with E-state index in [4.69, 9.17) is 23.8 Å². The van der Waals surface area contributed by atoms with E-state index >= 15 is 0 Å². The maximum atomic E-state index is 11.7. The Morgan fingerprint density at radius 2 is 1.21 bits per heavy atom. The van der Waals surface area contributed by atoms with E-state index in [2.05, 4.69) is 10.6 Å². The fraction of sp³-hybridized carbons (Fsp3) is 0.464. The Labute approximate surface area is 230 Å². The lowest BCUT2D eigenvalue weighted by Gasteiger charge is -2.24. The van der Waals surface area contributed by atoms with Crippen LogP contribution in [-0.2, 0) is 41.8 Å². The summed E-state index contributed by atoms with van der Waals surface area (Å²) in [6, 6.07) is 17.8. The van der Waals surface area contributed by atoms with Gasteiger partial charge in [0.05, 0.1) is 13.2 Å². The molecule has 0 aliphatic rings. The molecule has 0 saturated heterocycles. The highest BCUT2D eigenvalue weighted by Crippen LogP contribution is 2.05. The fourth-order valence-electron chi connectivity index (χ4n) is 3.05. The molecule has 2 N–H and O–H groups in total. The lowest BCUT2D eigenvalue weighted by molar-refractivity contribution is -0.170. The number of amides is 3. The van der Waals surface area contributed by atoms with Crippen molar-refractivity contribution in [2.24, 2.45) is 0 Å². The number of nitrogens with one attached hydrogen (secondary N) is 2. The summed E-state index contributed by atoms with van der Waals surface area (Å²) in [6.07, 6.45) is -1.59. The van der Waals surface area contributed by atoms with Crippen LogP contribution in [0.5, 0.6) is 0 Å². The highest BCUT2D eigenvalue weighted by molar-refractivity contribution is 5.84. The molecule has 0 aliphatic heterocycles. The molecule has 0 fully saturated rings. The summed E-state index contributed by atoms with van der Waals surface area (Å²) >= 11 is 0.